The zero-order chi connectivity index (χ0) is 18.0. The Hall–Kier alpha value is -2.45. The lowest BCUT2D eigenvalue weighted by atomic mass is 10.2. The average molecular weight is 366 g/mol. The fourth-order valence-electron chi connectivity index (χ4n) is 2.65. The van der Waals surface area contributed by atoms with Crippen LogP contribution in [0, 0.1) is 0 Å². The van der Waals surface area contributed by atoms with Gasteiger partial charge in [0.05, 0.1) is 6.54 Å². The van der Waals surface area contributed by atoms with Gasteiger partial charge in [-0.3, -0.25) is 4.90 Å². The second-order valence-corrected chi connectivity index (χ2v) is 6.44. The molecule has 1 aromatic rings. The molecule has 0 spiro atoms. The smallest absolute Gasteiger partial charge is 0.331 e. The summed E-state index contributed by atoms with van der Waals surface area (Å²) in [6, 6.07) is 6.12. The van der Waals surface area contributed by atoms with Gasteiger partial charge >= 0.3 is 12.1 Å². The molecule has 9 heteroatoms. The quantitative estimate of drug-likeness (QED) is 0.742. The number of ether oxygens (including phenoxy) is 1. The van der Waals surface area contributed by atoms with E-state index in [9.17, 15) is 9.59 Å². The number of rotatable bonds is 5. The molecule has 4 amide bonds. The van der Waals surface area contributed by atoms with Crippen molar-refractivity contribution in [3.8, 4) is 0 Å². The molecule has 25 heavy (non-hydrogen) atoms. The van der Waals surface area contributed by atoms with E-state index in [2.05, 4.69) is 16.0 Å². The van der Waals surface area contributed by atoms with Crippen LogP contribution in [0.25, 0.3) is 0 Å². The minimum Gasteiger partial charge on any atom is -0.463 e. The van der Waals surface area contributed by atoms with Gasteiger partial charge in [0.1, 0.15) is 6.26 Å². The molecule has 0 bridgehead atoms. The van der Waals surface area contributed by atoms with Crippen LogP contribution in [0.5, 0.6) is 0 Å². The van der Waals surface area contributed by atoms with E-state index in [1.165, 1.54) is 16.1 Å². The molecule has 1 fully saturated rings. The summed E-state index contributed by atoms with van der Waals surface area (Å²) in [4.78, 5) is 27.9. The Kier molecular flexibility index (Phi) is 5.00. The van der Waals surface area contributed by atoms with Crippen LogP contribution in [0.3, 0.4) is 0 Å². The molecule has 3 N–H and O–H groups in total. The molecular formula is C16H20ClN5O3. The van der Waals surface area contributed by atoms with Crippen LogP contribution in [0.15, 0.2) is 36.7 Å². The van der Waals surface area contributed by atoms with E-state index in [1.54, 1.807) is 32.2 Å². The van der Waals surface area contributed by atoms with Gasteiger partial charge in [-0.05, 0) is 31.5 Å². The molecule has 0 radical (unpaired) electrons. The van der Waals surface area contributed by atoms with Gasteiger partial charge in [0.15, 0.2) is 6.29 Å². The molecule has 0 aliphatic carbocycles. The summed E-state index contributed by atoms with van der Waals surface area (Å²) in [5, 5.41) is 9.38. The number of nitrogens with zero attached hydrogens (tertiary/aromatic N) is 2. The summed E-state index contributed by atoms with van der Waals surface area (Å²) in [6.45, 7) is 3.88. The van der Waals surface area contributed by atoms with Crippen LogP contribution in [0.1, 0.15) is 19.4 Å². The Morgan fingerprint density at radius 3 is 2.60 bits per heavy atom. The van der Waals surface area contributed by atoms with E-state index in [-0.39, 0.29) is 12.1 Å². The standard InChI is InChI=1S/C16H20ClN5O3/c1-10(2)22-15(23)20-13(19-14-18-7-8-25-14)21(16(22)24)9-11-3-5-12(17)6-4-11/h3-8,10,13-14,18-19H,9H2,1-2H3,(H,20,23). The van der Waals surface area contributed by atoms with Crippen molar-refractivity contribution in [2.45, 2.75) is 39.1 Å². The van der Waals surface area contributed by atoms with Crippen molar-refractivity contribution in [1.29, 1.82) is 0 Å². The number of benzene rings is 1. The van der Waals surface area contributed by atoms with Gasteiger partial charge in [0, 0.05) is 17.3 Å². The predicted molar refractivity (Wildman–Crippen MR) is 92.0 cm³/mol. The van der Waals surface area contributed by atoms with E-state index in [1.807, 2.05) is 12.1 Å². The summed E-state index contributed by atoms with van der Waals surface area (Å²) < 4.78 is 5.29. The molecule has 2 aliphatic heterocycles. The maximum Gasteiger partial charge on any atom is 0.331 e. The lowest BCUT2D eigenvalue weighted by molar-refractivity contribution is 0.0310. The third-order valence-electron chi connectivity index (χ3n) is 3.86. The van der Waals surface area contributed by atoms with E-state index in [0.29, 0.717) is 11.6 Å². The number of nitrogens with one attached hydrogen (secondary N) is 3. The Bertz CT molecular complexity index is 671. The van der Waals surface area contributed by atoms with Gasteiger partial charge < -0.3 is 15.4 Å². The second-order valence-electron chi connectivity index (χ2n) is 6.00. The first-order valence-electron chi connectivity index (χ1n) is 7.93. The molecule has 8 nitrogen and oxygen atoms in total. The summed E-state index contributed by atoms with van der Waals surface area (Å²) in [5.41, 5.74) is 0.892. The van der Waals surface area contributed by atoms with Gasteiger partial charge in [0.25, 0.3) is 0 Å². The highest BCUT2D eigenvalue weighted by Crippen LogP contribution is 2.18. The van der Waals surface area contributed by atoms with Crippen LogP contribution in [-0.2, 0) is 11.3 Å². The first-order chi connectivity index (χ1) is 12.0. The summed E-state index contributed by atoms with van der Waals surface area (Å²) in [5.74, 6) is 0. The van der Waals surface area contributed by atoms with Crippen molar-refractivity contribution in [1.82, 2.24) is 25.8 Å². The highest BCUT2D eigenvalue weighted by molar-refractivity contribution is 6.30. The van der Waals surface area contributed by atoms with Crippen molar-refractivity contribution >= 4 is 23.7 Å². The van der Waals surface area contributed by atoms with Gasteiger partial charge in [-0.15, -0.1) is 0 Å². The average Bonchev–Trinajstić information content (AvgIpc) is 3.05. The Morgan fingerprint density at radius 1 is 1.28 bits per heavy atom. The topological polar surface area (TPSA) is 85.9 Å². The highest BCUT2D eigenvalue weighted by Gasteiger charge is 2.40. The molecule has 3 rings (SSSR count). The minimum atomic E-state index is -0.719. The molecule has 2 aliphatic rings. The molecule has 1 saturated heterocycles. The minimum absolute atomic E-state index is 0.260. The SMILES string of the molecule is CC(C)N1C(=O)NC(NC2NC=CO2)N(Cc2ccc(Cl)cc2)C1=O. The summed E-state index contributed by atoms with van der Waals surface area (Å²) in [6.07, 6.45) is 1.88. The zero-order valence-corrected chi connectivity index (χ0v) is 14.7. The van der Waals surface area contributed by atoms with Crippen molar-refractivity contribution in [3.63, 3.8) is 0 Å². The fraction of sp³-hybridized carbons (Fsp3) is 0.375. The number of amides is 4. The maximum atomic E-state index is 12.9. The largest absolute Gasteiger partial charge is 0.463 e. The van der Waals surface area contributed by atoms with Crippen LogP contribution in [0.4, 0.5) is 9.59 Å². The molecule has 0 saturated carbocycles. The molecule has 1 aromatic carbocycles. The Balaban J connectivity index is 1.81. The third kappa shape index (κ3) is 3.80. The van der Waals surface area contributed by atoms with Crippen molar-refractivity contribution in [2.75, 3.05) is 0 Å². The number of halogens is 1. The fourth-order valence-corrected chi connectivity index (χ4v) is 2.77. The number of carbonyl (C=O) groups is 2. The van der Waals surface area contributed by atoms with E-state index in [4.69, 9.17) is 16.3 Å². The van der Waals surface area contributed by atoms with E-state index >= 15 is 0 Å². The molecule has 2 unspecified atom stereocenters. The van der Waals surface area contributed by atoms with E-state index < -0.39 is 18.7 Å². The first kappa shape index (κ1) is 17.4. The van der Waals surface area contributed by atoms with Gasteiger partial charge in [-0.2, -0.15) is 0 Å². The lowest BCUT2D eigenvalue weighted by Crippen LogP contribution is -2.71. The van der Waals surface area contributed by atoms with Crippen LogP contribution in [-0.4, -0.2) is 40.5 Å². The van der Waals surface area contributed by atoms with Crippen molar-refractivity contribution in [2.24, 2.45) is 0 Å². The summed E-state index contributed by atoms with van der Waals surface area (Å²) in [7, 11) is 0. The van der Waals surface area contributed by atoms with Crippen LogP contribution in [0.2, 0.25) is 5.02 Å². The normalized spacial score (nSPS) is 22.9. The van der Waals surface area contributed by atoms with Crippen molar-refractivity contribution < 1.29 is 14.3 Å². The second kappa shape index (κ2) is 7.20. The number of carbonyl (C=O) groups excluding carboxylic acids is 2. The summed E-state index contributed by atoms with van der Waals surface area (Å²) >= 11 is 5.92. The molecule has 134 valence electrons. The lowest BCUT2D eigenvalue weighted by Gasteiger charge is -2.43. The van der Waals surface area contributed by atoms with Gasteiger partial charge in [-0.1, -0.05) is 23.7 Å². The monoisotopic (exact) mass is 365 g/mol. The number of imide groups is 1. The van der Waals surface area contributed by atoms with Crippen LogP contribution < -0.4 is 16.0 Å². The molecular weight excluding hydrogens is 346 g/mol. The van der Waals surface area contributed by atoms with Gasteiger partial charge in [-0.25, -0.2) is 19.8 Å². The molecule has 2 heterocycles. The zero-order valence-electron chi connectivity index (χ0n) is 13.9. The highest BCUT2D eigenvalue weighted by atomic mass is 35.5. The number of urea groups is 2. The molecule has 0 aromatic heterocycles. The maximum absolute atomic E-state index is 12.9. The number of hydrogen-bond acceptors (Lipinski definition) is 5. The predicted octanol–water partition coefficient (Wildman–Crippen LogP) is 1.94. The van der Waals surface area contributed by atoms with E-state index in [0.717, 1.165) is 5.56 Å². The van der Waals surface area contributed by atoms with Gasteiger partial charge in [0.2, 0.25) is 6.35 Å². The first-order valence-corrected chi connectivity index (χ1v) is 8.31. The third-order valence-corrected chi connectivity index (χ3v) is 4.12. The van der Waals surface area contributed by atoms with Crippen LogP contribution >= 0.6 is 11.6 Å². The van der Waals surface area contributed by atoms with Crippen molar-refractivity contribution in [3.05, 3.63) is 47.3 Å². The Labute approximate surface area is 150 Å². The molecule has 2 atom stereocenters. The number of hydrogen-bond donors (Lipinski definition) is 3. The Morgan fingerprint density at radius 2 is 2.00 bits per heavy atom.